The zero-order valence-corrected chi connectivity index (χ0v) is 10.8. The molecule has 1 saturated heterocycles. The monoisotopic (exact) mass is 243 g/mol. The number of amides is 1. The Morgan fingerprint density at radius 3 is 2.33 bits per heavy atom. The molecule has 1 amide bonds. The van der Waals surface area contributed by atoms with E-state index >= 15 is 0 Å². The molecule has 1 aromatic carbocycles. The minimum absolute atomic E-state index is 0.269. The second kappa shape index (κ2) is 5.13. The van der Waals surface area contributed by atoms with Gasteiger partial charge in [0.15, 0.2) is 0 Å². The van der Waals surface area contributed by atoms with Crippen LogP contribution in [-0.2, 0) is 4.79 Å². The van der Waals surface area contributed by atoms with Gasteiger partial charge in [-0.1, -0.05) is 43.2 Å². The average Bonchev–Trinajstić information content (AvgIpc) is 3.23. The van der Waals surface area contributed by atoms with Gasteiger partial charge in [0.2, 0.25) is 5.91 Å². The smallest absolute Gasteiger partial charge is 0.226 e. The predicted molar refractivity (Wildman–Crippen MR) is 72.3 cm³/mol. The number of hydrogen-bond acceptors (Lipinski definition) is 1. The molecular formula is C16H21NO. The van der Waals surface area contributed by atoms with Crippen LogP contribution in [-0.4, -0.2) is 23.9 Å². The van der Waals surface area contributed by atoms with Crippen molar-refractivity contribution in [2.45, 2.75) is 38.0 Å². The van der Waals surface area contributed by atoms with E-state index in [0.29, 0.717) is 11.8 Å². The van der Waals surface area contributed by atoms with Crippen molar-refractivity contribution in [3.05, 3.63) is 35.9 Å². The van der Waals surface area contributed by atoms with Crippen molar-refractivity contribution in [3.63, 3.8) is 0 Å². The minimum atomic E-state index is 0.269. The van der Waals surface area contributed by atoms with Crippen LogP contribution < -0.4 is 0 Å². The third-order valence-corrected chi connectivity index (χ3v) is 4.25. The van der Waals surface area contributed by atoms with E-state index < -0.39 is 0 Å². The first kappa shape index (κ1) is 11.8. The molecule has 2 unspecified atom stereocenters. The van der Waals surface area contributed by atoms with Gasteiger partial charge < -0.3 is 4.90 Å². The molecule has 0 radical (unpaired) electrons. The minimum Gasteiger partial charge on any atom is -0.342 e. The van der Waals surface area contributed by atoms with Gasteiger partial charge in [-0.3, -0.25) is 4.79 Å². The van der Waals surface area contributed by atoms with Crippen molar-refractivity contribution in [3.8, 4) is 0 Å². The summed E-state index contributed by atoms with van der Waals surface area (Å²) in [6, 6.07) is 10.5. The Labute approximate surface area is 109 Å². The van der Waals surface area contributed by atoms with Crippen molar-refractivity contribution in [2.75, 3.05) is 13.1 Å². The van der Waals surface area contributed by atoms with E-state index in [2.05, 4.69) is 29.2 Å². The largest absolute Gasteiger partial charge is 0.342 e. The first-order valence-corrected chi connectivity index (χ1v) is 7.20. The number of benzene rings is 1. The van der Waals surface area contributed by atoms with Crippen LogP contribution in [0.25, 0.3) is 0 Å². The van der Waals surface area contributed by atoms with E-state index in [1.54, 1.807) is 0 Å². The predicted octanol–water partition coefficient (Wildman–Crippen LogP) is 3.19. The summed E-state index contributed by atoms with van der Waals surface area (Å²) in [7, 11) is 0. The van der Waals surface area contributed by atoms with Gasteiger partial charge in [-0.05, 0) is 30.7 Å². The fourth-order valence-corrected chi connectivity index (χ4v) is 3.06. The summed E-state index contributed by atoms with van der Waals surface area (Å²) in [5, 5.41) is 0. The maximum atomic E-state index is 12.4. The second-order valence-corrected chi connectivity index (χ2v) is 5.60. The Kier molecular flexibility index (Phi) is 3.35. The zero-order valence-electron chi connectivity index (χ0n) is 10.8. The van der Waals surface area contributed by atoms with E-state index in [1.165, 1.54) is 31.2 Å². The van der Waals surface area contributed by atoms with Gasteiger partial charge in [-0.15, -0.1) is 0 Å². The Balaban J connectivity index is 1.61. The Bertz CT molecular complexity index is 406. The highest BCUT2D eigenvalue weighted by Crippen LogP contribution is 2.48. The molecule has 2 nitrogen and oxygen atoms in total. The van der Waals surface area contributed by atoms with Crippen molar-refractivity contribution >= 4 is 5.91 Å². The molecule has 3 rings (SSSR count). The standard InChI is InChI=1S/C16H21NO/c18-16(17-10-6-1-2-7-11-17)15-12-14(15)13-8-4-3-5-9-13/h3-5,8-9,14-15H,1-2,6-7,10-12H2. The van der Waals surface area contributed by atoms with E-state index in [0.717, 1.165) is 19.5 Å². The van der Waals surface area contributed by atoms with Crippen molar-refractivity contribution in [1.82, 2.24) is 4.90 Å². The lowest BCUT2D eigenvalue weighted by molar-refractivity contribution is -0.132. The van der Waals surface area contributed by atoms with Crippen LogP contribution in [0.4, 0.5) is 0 Å². The van der Waals surface area contributed by atoms with Gasteiger partial charge in [-0.25, -0.2) is 0 Å². The van der Waals surface area contributed by atoms with E-state index in [9.17, 15) is 4.79 Å². The second-order valence-electron chi connectivity index (χ2n) is 5.60. The Morgan fingerprint density at radius 1 is 1.00 bits per heavy atom. The molecule has 96 valence electrons. The molecule has 0 N–H and O–H groups in total. The number of rotatable bonds is 2. The van der Waals surface area contributed by atoms with Crippen molar-refractivity contribution in [1.29, 1.82) is 0 Å². The highest BCUT2D eigenvalue weighted by molar-refractivity contribution is 5.83. The van der Waals surface area contributed by atoms with Crippen LogP contribution in [0.15, 0.2) is 30.3 Å². The fraction of sp³-hybridized carbons (Fsp3) is 0.562. The lowest BCUT2D eigenvalue weighted by Crippen LogP contribution is -2.33. The molecule has 2 heteroatoms. The number of nitrogens with zero attached hydrogens (tertiary/aromatic N) is 1. The fourth-order valence-electron chi connectivity index (χ4n) is 3.06. The van der Waals surface area contributed by atoms with Crippen LogP contribution >= 0.6 is 0 Å². The maximum absolute atomic E-state index is 12.4. The van der Waals surface area contributed by atoms with Gasteiger partial charge in [0.05, 0.1) is 0 Å². The lowest BCUT2D eigenvalue weighted by Gasteiger charge is -2.20. The van der Waals surface area contributed by atoms with E-state index in [1.807, 2.05) is 6.07 Å². The van der Waals surface area contributed by atoms with Crippen molar-refractivity contribution < 1.29 is 4.79 Å². The van der Waals surface area contributed by atoms with Crippen molar-refractivity contribution in [2.24, 2.45) is 5.92 Å². The van der Waals surface area contributed by atoms with Gasteiger partial charge in [0.1, 0.15) is 0 Å². The van der Waals surface area contributed by atoms with Gasteiger partial charge >= 0.3 is 0 Å². The summed E-state index contributed by atoms with van der Waals surface area (Å²) in [5.41, 5.74) is 1.34. The molecule has 1 aromatic rings. The molecule has 0 bridgehead atoms. The lowest BCUT2D eigenvalue weighted by atomic mass is 10.1. The first-order valence-electron chi connectivity index (χ1n) is 7.20. The number of carbonyl (C=O) groups is 1. The van der Waals surface area contributed by atoms with Crippen LogP contribution in [0.1, 0.15) is 43.6 Å². The molecule has 2 atom stereocenters. The first-order chi connectivity index (χ1) is 8.86. The molecule has 0 aromatic heterocycles. The summed E-state index contributed by atoms with van der Waals surface area (Å²) < 4.78 is 0. The third-order valence-electron chi connectivity index (χ3n) is 4.25. The quantitative estimate of drug-likeness (QED) is 0.781. The Hall–Kier alpha value is -1.31. The number of carbonyl (C=O) groups excluding carboxylic acids is 1. The zero-order chi connectivity index (χ0) is 12.4. The molecule has 1 saturated carbocycles. The SMILES string of the molecule is O=C(C1CC1c1ccccc1)N1CCCCCC1. The summed E-state index contributed by atoms with van der Waals surface area (Å²) in [6.07, 6.45) is 6.01. The Morgan fingerprint density at radius 2 is 1.67 bits per heavy atom. The van der Waals surface area contributed by atoms with Crippen LogP contribution in [0.3, 0.4) is 0 Å². The molecule has 1 aliphatic carbocycles. The summed E-state index contributed by atoms with van der Waals surface area (Å²) >= 11 is 0. The highest BCUT2D eigenvalue weighted by atomic mass is 16.2. The average molecular weight is 243 g/mol. The van der Waals surface area contributed by atoms with Crippen LogP contribution in [0.5, 0.6) is 0 Å². The number of hydrogen-bond donors (Lipinski definition) is 0. The third kappa shape index (κ3) is 2.43. The van der Waals surface area contributed by atoms with Crippen LogP contribution in [0.2, 0.25) is 0 Å². The number of likely N-dealkylation sites (tertiary alicyclic amines) is 1. The summed E-state index contributed by atoms with van der Waals surface area (Å²) in [5.74, 6) is 1.17. The normalized spacial score (nSPS) is 27.7. The van der Waals surface area contributed by atoms with Gasteiger partial charge in [0, 0.05) is 19.0 Å². The molecule has 18 heavy (non-hydrogen) atoms. The highest BCUT2D eigenvalue weighted by Gasteiger charge is 2.45. The summed E-state index contributed by atoms with van der Waals surface area (Å²) in [6.45, 7) is 1.97. The molecular weight excluding hydrogens is 222 g/mol. The van der Waals surface area contributed by atoms with Gasteiger partial charge in [-0.2, -0.15) is 0 Å². The van der Waals surface area contributed by atoms with Crippen LogP contribution in [0, 0.1) is 5.92 Å². The maximum Gasteiger partial charge on any atom is 0.226 e. The molecule has 1 heterocycles. The topological polar surface area (TPSA) is 20.3 Å². The molecule has 0 spiro atoms. The molecule has 2 fully saturated rings. The molecule has 2 aliphatic rings. The van der Waals surface area contributed by atoms with Gasteiger partial charge in [0.25, 0.3) is 0 Å². The van der Waals surface area contributed by atoms with E-state index in [-0.39, 0.29) is 5.92 Å². The summed E-state index contributed by atoms with van der Waals surface area (Å²) in [4.78, 5) is 14.5. The molecule has 1 aliphatic heterocycles. The van der Waals surface area contributed by atoms with E-state index in [4.69, 9.17) is 0 Å².